The number of hydrogen-bond donors (Lipinski definition) is 1. The first-order valence-corrected chi connectivity index (χ1v) is 5.54. The van der Waals surface area contributed by atoms with Gasteiger partial charge in [0.05, 0.1) is 10.2 Å². The van der Waals surface area contributed by atoms with E-state index >= 15 is 0 Å². The molecule has 4 heteroatoms. The van der Waals surface area contributed by atoms with E-state index in [0.717, 1.165) is 15.5 Å². The van der Waals surface area contributed by atoms with Gasteiger partial charge >= 0.3 is 0 Å². The van der Waals surface area contributed by atoms with Crippen molar-refractivity contribution >= 4 is 39.0 Å². The van der Waals surface area contributed by atoms with Gasteiger partial charge in [0.15, 0.2) is 4.34 Å². The SMILES string of the molecule is CSc1nc2ccc(N)cc2s1. The third kappa shape index (κ3) is 1.28. The fraction of sp³-hybridized carbons (Fsp3) is 0.125. The number of thioether (sulfide) groups is 1. The standard InChI is InChI=1S/C8H8N2S2/c1-11-8-10-6-3-2-5(9)4-7(6)12-8/h2-4H,9H2,1H3. The molecule has 2 aromatic rings. The third-order valence-electron chi connectivity index (χ3n) is 1.57. The van der Waals surface area contributed by atoms with Crippen molar-refractivity contribution in [2.45, 2.75) is 4.34 Å². The third-order valence-corrected chi connectivity index (χ3v) is 3.57. The van der Waals surface area contributed by atoms with E-state index in [1.54, 1.807) is 23.1 Å². The summed E-state index contributed by atoms with van der Waals surface area (Å²) in [5.41, 5.74) is 7.49. The summed E-state index contributed by atoms with van der Waals surface area (Å²) in [5.74, 6) is 0. The molecule has 0 amide bonds. The van der Waals surface area contributed by atoms with Crippen molar-refractivity contribution in [1.82, 2.24) is 4.98 Å². The van der Waals surface area contributed by atoms with Crippen LogP contribution in [-0.4, -0.2) is 11.2 Å². The van der Waals surface area contributed by atoms with E-state index < -0.39 is 0 Å². The van der Waals surface area contributed by atoms with Gasteiger partial charge in [-0.1, -0.05) is 11.8 Å². The first kappa shape index (κ1) is 7.89. The van der Waals surface area contributed by atoms with Crippen molar-refractivity contribution in [2.75, 3.05) is 12.0 Å². The van der Waals surface area contributed by atoms with Gasteiger partial charge in [0.25, 0.3) is 0 Å². The van der Waals surface area contributed by atoms with Gasteiger partial charge in [0.1, 0.15) is 0 Å². The molecule has 0 bridgehead atoms. The first-order valence-electron chi connectivity index (χ1n) is 3.49. The summed E-state index contributed by atoms with van der Waals surface area (Å²) in [6, 6.07) is 5.81. The molecule has 2 rings (SSSR count). The number of aromatic nitrogens is 1. The van der Waals surface area contributed by atoms with Crippen LogP contribution in [0.15, 0.2) is 22.5 Å². The van der Waals surface area contributed by atoms with Crippen LogP contribution in [0.1, 0.15) is 0 Å². The van der Waals surface area contributed by atoms with Gasteiger partial charge in [-0.2, -0.15) is 0 Å². The minimum atomic E-state index is 0.804. The summed E-state index contributed by atoms with van der Waals surface area (Å²) in [7, 11) is 0. The van der Waals surface area contributed by atoms with Crippen LogP contribution in [0, 0.1) is 0 Å². The lowest BCUT2D eigenvalue weighted by Crippen LogP contribution is -1.81. The van der Waals surface area contributed by atoms with Crippen LogP contribution in [0.5, 0.6) is 0 Å². The number of thiazole rings is 1. The van der Waals surface area contributed by atoms with Gasteiger partial charge in [0, 0.05) is 5.69 Å². The highest BCUT2D eigenvalue weighted by Gasteiger charge is 2.01. The molecule has 1 aromatic carbocycles. The van der Waals surface area contributed by atoms with E-state index in [0.29, 0.717) is 0 Å². The number of rotatable bonds is 1. The topological polar surface area (TPSA) is 38.9 Å². The molecule has 0 aliphatic carbocycles. The minimum Gasteiger partial charge on any atom is -0.399 e. The van der Waals surface area contributed by atoms with E-state index in [4.69, 9.17) is 5.73 Å². The lowest BCUT2D eigenvalue weighted by Gasteiger charge is -1.88. The Morgan fingerprint density at radius 3 is 3.08 bits per heavy atom. The molecule has 1 aromatic heterocycles. The summed E-state index contributed by atoms with van der Waals surface area (Å²) in [6.45, 7) is 0. The molecular formula is C8H8N2S2. The Bertz CT molecular complexity index is 408. The van der Waals surface area contributed by atoms with Gasteiger partial charge in [0.2, 0.25) is 0 Å². The van der Waals surface area contributed by atoms with Crippen LogP contribution in [0.3, 0.4) is 0 Å². The highest BCUT2D eigenvalue weighted by molar-refractivity contribution is 8.00. The smallest absolute Gasteiger partial charge is 0.150 e. The van der Waals surface area contributed by atoms with Gasteiger partial charge in [-0.25, -0.2) is 4.98 Å². The van der Waals surface area contributed by atoms with Gasteiger partial charge in [-0.3, -0.25) is 0 Å². The zero-order valence-corrected chi connectivity index (χ0v) is 8.21. The van der Waals surface area contributed by atoms with Crippen molar-refractivity contribution in [3.63, 3.8) is 0 Å². The molecule has 0 unspecified atom stereocenters. The second-order valence-electron chi connectivity index (χ2n) is 2.41. The Hall–Kier alpha value is -0.740. The molecule has 12 heavy (non-hydrogen) atoms. The van der Waals surface area contributed by atoms with Crippen molar-refractivity contribution in [2.24, 2.45) is 0 Å². The number of nitrogens with zero attached hydrogens (tertiary/aromatic N) is 1. The quantitative estimate of drug-likeness (QED) is 0.563. The molecule has 0 atom stereocenters. The molecule has 0 aliphatic heterocycles. The summed E-state index contributed by atoms with van der Waals surface area (Å²) in [6.07, 6.45) is 2.03. The van der Waals surface area contributed by atoms with Crippen LogP contribution in [0.2, 0.25) is 0 Å². The fourth-order valence-corrected chi connectivity index (χ4v) is 2.55. The molecule has 0 spiro atoms. The second-order valence-corrected chi connectivity index (χ2v) is 4.50. The second kappa shape index (κ2) is 2.95. The number of anilines is 1. The monoisotopic (exact) mass is 196 g/mol. The summed E-state index contributed by atoms with van der Waals surface area (Å²) < 4.78 is 2.26. The molecule has 2 N–H and O–H groups in total. The lowest BCUT2D eigenvalue weighted by atomic mass is 10.3. The molecule has 0 radical (unpaired) electrons. The van der Waals surface area contributed by atoms with Crippen molar-refractivity contribution in [3.8, 4) is 0 Å². The van der Waals surface area contributed by atoms with E-state index in [1.807, 2.05) is 24.5 Å². The average Bonchev–Trinajstić information content (AvgIpc) is 2.46. The van der Waals surface area contributed by atoms with Gasteiger partial charge in [-0.05, 0) is 24.5 Å². The Kier molecular flexibility index (Phi) is 1.94. The normalized spacial score (nSPS) is 10.8. The predicted octanol–water partition coefficient (Wildman–Crippen LogP) is 2.60. The average molecular weight is 196 g/mol. The number of benzene rings is 1. The Labute approximate surface area is 78.8 Å². The molecule has 2 nitrogen and oxygen atoms in total. The lowest BCUT2D eigenvalue weighted by molar-refractivity contribution is 1.31. The Balaban J connectivity index is 2.67. The number of hydrogen-bond acceptors (Lipinski definition) is 4. The van der Waals surface area contributed by atoms with Gasteiger partial charge in [-0.15, -0.1) is 11.3 Å². The first-order chi connectivity index (χ1) is 5.79. The molecule has 1 heterocycles. The molecule has 62 valence electrons. The van der Waals surface area contributed by atoms with E-state index in [9.17, 15) is 0 Å². The zero-order valence-electron chi connectivity index (χ0n) is 6.57. The van der Waals surface area contributed by atoms with Crippen molar-refractivity contribution in [3.05, 3.63) is 18.2 Å². The largest absolute Gasteiger partial charge is 0.399 e. The predicted molar refractivity (Wildman–Crippen MR) is 55.8 cm³/mol. The van der Waals surface area contributed by atoms with Crippen LogP contribution in [0.25, 0.3) is 10.2 Å². The van der Waals surface area contributed by atoms with E-state index in [-0.39, 0.29) is 0 Å². The number of fused-ring (bicyclic) bond motifs is 1. The van der Waals surface area contributed by atoms with Crippen molar-refractivity contribution in [1.29, 1.82) is 0 Å². The number of nitrogens with two attached hydrogens (primary N) is 1. The Morgan fingerprint density at radius 2 is 2.33 bits per heavy atom. The molecule has 0 fully saturated rings. The Morgan fingerprint density at radius 1 is 1.50 bits per heavy atom. The highest BCUT2D eigenvalue weighted by Crippen LogP contribution is 2.28. The van der Waals surface area contributed by atoms with Crippen molar-refractivity contribution < 1.29 is 0 Å². The van der Waals surface area contributed by atoms with E-state index in [2.05, 4.69) is 4.98 Å². The maximum atomic E-state index is 5.65. The van der Waals surface area contributed by atoms with Crippen LogP contribution in [-0.2, 0) is 0 Å². The summed E-state index contributed by atoms with van der Waals surface area (Å²) in [5, 5.41) is 0. The summed E-state index contributed by atoms with van der Waals surface area (Å²) in [4.78, 5) is 4.40. The van der Waals surface area contributed by atoms with Crippen LogP contribution < -0.4 is 5.73 Å². The number of nitrogen functional groups attached to an aromatic ring is 1. The van der Waals surface area contributed by atoms with E-state index in [1.165, 1.54) is 4.70 Å². The van der Waals surface area contributed by atoms with Crippen LogP contribution in [0.4, 0.5) is 5.69 Å². The highest BCUT2D eigenvalue weighted by atomic mass is 32.2. The minimum absolute atomic E-state index is 0.804. The maximum Gasteiger partial charge on any atom is 0.150 e. The van der Waals surface area contributed by atoms with Crippen LogP contribution >= 0.6 is 23.1 Å². The maximum absolute atomic E-state index is 5.65. The molecule has 0 saturated heterocycles. The summed E-state index contributed by atoms with van der Waals surface area (Å²) >= 11 is 3.35. The van der Waals surface area contributed by atoms with Gasteiger partial charge < -0.3 is 5.73 Å². The zero-order chi connectivity index (χ0) is 8.55. The molecular weight excluding hydrogens is 188 g/mol. The molecule has 0 aliphatic rings. The fourth-order valence-electron chi connectivity index (χ4n) is 1.01. The molecule has 0 saturated carbocycles.